The zero-order valence-electron chi connectivity index (χ0n) is 4.30. The minimum Gasteiger partial charge on any atom is -0.396 e. The van der Waals surface area contributed by atoms with E-state index in [1.807, 2.05) is 12.2 Å². The van der Waals surface area contributed by atoms with Crippen molar-refractivity contribution in [3.05, 3.63) is 12.2 Å². The van der Waals surface area contributed by atoms with Gasteiger partial charge >= 0.3 is 0 Å². The summed E-state index contributed by atoms with van der Waals surface area (Å²) in [6.07, 6.45) is 4.41. The fraction of sp³-hybridized carbons (Fsp3) is 0.600. The Morgan fingerprint density at radius 2 is 2.14 bits per heavy atom. The van der Waals surface area contributed by atoms with E-state index in [0.717, 1.165) is 6.42 Å². The van der Waals surface area contributed by atoms with Crippen molar-refractivity contribution in [2.75, 3.05) is 13.2 Å². The topological polar surface area (TPSA) is 46.2 Å². The van der Waals surface area contributed by atoms with Crippen molar-refractivity contribution in [1.29, 1.82) is 0 Å². The van der Waals surface area contributed by atoms with Crippen LogP contribution in [0.4, 0.5) is 0 Å². The zero-order chi connectivity index (χ0) is 5.54. The molecule has 0 aliphatic rings. The minimum atomic E-state index is 0.219. The molecule has 3 N–H and O–H groups in total. The van der Waals surface area contributed by atoms with Crippen LogP contribution in [0.2, 0.25) is 0 Å². The average molecular weight is 101 g/mol. The van der Waals surface area contributed by atoms with Crippen molar-refractivity contribution >= 4 is 0 Å². The van der Waals surface area contributed by atoms with Gasteiger partial charge in [0.15, 0.2) is 0 Å². The second-order valence-corrected chi connectivity index (χ2v) is 1.22. The highest BCUT2D eigenvalue weighted by Crippen LogP contribution is 1.75. The maximum Gasteiger partial charge on any atom is 0.0465 e. The van der Waals surface area contributed by atoms with Crippen LogP contribution in [-0.2, 0) is 0 Å². The second kappa shape index (κ2) is 5.66. The van der Waals surface area contributed by atoms with Crippen LogP contribution in [0.1, 0.15) is 6.42 Å². The van der Waals surface area contributed by atoms with Crippen LogP contribution >= 0.6 is 0 Å². The monoisotopic (exact) mass is 101 g/mol. The Morgan fingerprint density at radius 3 is 2.57 bits per heavy atom. The molecule has 42 valence electrons. The lowest BCUT2D eigenvalue weighted by Gasteiger charge is -1.80. The number of hydrogen-bond donors (Lipinski definition) is 2. The molecular formula is C5H11NO. The first-order chi connectivity index (χ1) is 3.41. The van der Waals surface area contributed by atoms with E-state index in [1.165, 1.54) is 0 Å². The molecule has 0 bridgehead atoms. The maximum absolute atomic E-state index is 8.20. The van der Waals surface area contributed by atoms with E-state index in [9.17, 15) is 0 Å². The molecule has 0 aliphatic heterocycles. The summed E-state index contributed by atoms with van der Waals surface area (Å²) in [5, 5.41) is 8.20. The molecule has 2 heteroatoms. The molecule has 2 nitrogen and oxygen atoms in total. The van der Waals surface area contributed by atoms with Gasteiger partial charge in [0.2, 0.25) is 0 Å². The van der Waals surface area contributed by atoms with Gasteiger partial charge in [0.25, 0.3) is 0 Å². The first-order valence-electron chi connectivity index (χ1n) is 2.37. The van der Waals surface area contributed by atoms with Crippen LogP contribution < -0.4 is 5.73 Å². The second-order valence-electron chi connectivity index (χ2n) is 1.22. The Morgan fingerprint density at radius 1 is 1.43 bits per heavy atom. The molecule has 0 heterocycles. The standard InChI is InChI=1S/C5H11NO/c6-4-2-1-3-5-7/h1-2,7H,3-6H2/b2-1+. The van der Waals surface area contributed by atoms with Crippen LogP contribution in [0.25, 0.3) is 0 Å². The largest absolute Gasteiger partial charge is 0.396 e. The molecule has 0 fully saturated rings. The predicted molar refractivity (Wildman–Crippen MR) is 29.9 cm³/mol. The molecule has 0 radical (unpaired) electrons. The van der Waals surface area contributed by atoms with E-state index in [2.05, 4.69) is 0 Å². The fourth-order valence-corrected chi connectivity index (χ4v) is 0.289. The summed E-state index contributed by atoms with van der Waals surface area (Å²) in [7, 11) is 0. The van der Waals surface area contributed by atoms with Crippen LogP contribution in [0, 0.1) is 0 Å². The van der Waals surface area contributed by atoms with Crippen LogP contribution in [0.5, 0.6) is 0 Å². The van der Waals surface area contributed by atoms with E-state index in [-0.39, 0.29) is 6.61 Å². The van der Waals surface area contributed by atoms with Gasteiger partial charge in [-0.25, -0.2) is 0 Å². The van der Waals surface area contributed by atoms with Gasteiger partial charge in [0.05, 0.1) is 0 Å². The van der Waals surface area contributed by atoms with Gasteiger partial charge in [-0.3, -0.25) is 0 Å². The van der Waals surface area contributed by atoms with Crippen molar-refractivity contribution in [3.8, 4) is 0 Å². The van der Waals surface area contributed by atoms with Crippen molar-refractivity contribution in [2.45, 2.75) is 6.42 Å². The van der Waals surface area contributed by atoms with Gasteiger partial charge in [-0.15, -0.1) is 0 Å². The Hall–Kier alpha value is -0.340. The van der Waals surface area contributed by atoms with Crippen LogP contribution in [0.3, 0.4) is 0 Å². The normalized spacial score (nSPS) is 10.6. The SMILES string of the molecule is NC/C=C/CCO. The molecular weight excluding hydrogens is 90.1 g/mol. The van der Waals surface area contributed by atoms with Crippen LogP contribution in [0.15, 0.2) is 12.2 Å². The summed E-state index contributed by atoms with van der Waals surface area (Å²) >= 11 is 0. The molecule has 0 spiro atoms. The minimum absolute atomic E-state index is 0.219. The molecule has 0 saturated heterocycles. The molecule has 0 atom stereocenters. The third-order valence-corrected chi connectivity index (χ3v) is 0.599. The third-order valence-electron chi connectivity index (χ3n) is 0.599. The first kappa shape index (κ1) is 6.66. The highest BCUT2D eigenvalue weighted by atomic mass is 16.2. The van der Waals surface area contributed by atoms with Crippen molar-refractivity contribution in [2.24, 2.45) is 5.73 Å². The van der Waals surface area contributed by atoms with E-state index in [4.69, 9.17) is 10.8 Å². The molecule has 0 rings (SSSR count). The maximum atomic E-state index is 8.20. The number of aliphatic hydroxyl groups is 1. The lowest BCUT2D eigenvalue weighted by Crippen LogP contribution is -1.92. The Labute approximate surface area is 43.6 Å². The highest BCUT2D eigenvalue weighted by molar-refractivity contribution is 4.81. The van der Waals surface area contributed by atoms with Gasteiger partial charge in [-0.2, -0.15) is 0 Å². The van der Waals surface area contributed by atoms with Gasteiger partial charge in [0, 0.05) is 13.2 Å². The third kappa shape index (κ3) is 5.66. The van der Waals surface area contributed by atoms with Crippen molar-refractivity contribution < 1.29 is 5.11 Å². The van der Waals surface area contributed by atoms with E-state index in [0.29, 0.717) is 6.54 Å². The number of hydrogen-bond acceptors (Lipinski definition) is 2. The number of nitrogens with two attached hydrogens (primary N) is 1. The summed E-state index contributed by atoms with van der Waals surface area (Å²) in [6, 6.07) is 0. The summed E-state index contributed by atoms with van der Waals surface area (Å²) < 4.78 is 0. The Bertz CT molecular complexity index is 52.0. The predicted octanol–water partition coefficient (Wildman–Crippen LogP) is -0.116. The molecule has 0 unspecified atom stereocenters. The molecule has 0 aliphatic carbocycles. The number of rotatable bonds is 3. The van der Waals surface area contributed by atoms with Gasteiger partial charge in [0.1, 0.15) is 0 Å². The van der Waals surface area contributed by atoms with Gasteiger partial charge in [-0.1, -0.05) is 12.2 Å². The molecule has 0 amide bonds. The summed E-state index contributed by atoms with van der Waals surface area (Å²) in [5.41, 5.74) is 5.10. The molecule has 0 aromatic rings. The van der Waals surface area contributed by atoms with E-state index >= 15 is 0 Å². The summed E-state index contributed by atoms with van der Waals surface area (Å²) in [4.78, 5) is 0. The van der Waals surface area contributed by atoms with Crippen molar-refractivity contribution in [3.63, 3.8) is 0 Å². The molecule has 0 aromatic carbocycles. The van der Waals surface area contributed by atoms with Gasteiger partial charge in [-0.05, 0) is 6.42 Å². The lowest BCUT2D eigenvalue weighted by atomic mass is 10.4. The lowest BCUT2D eigenvalue weighted by molar-refractivity contribution is 0.302. The summed E-state index contributed by atoms with van der Waals surface area (Å²) in [5.74, 6) is 0. The summed E-state index contributed by atoms with van der Waals surface area (Å²) in [6.45, 7) is 0.788. The molecule has 0 aromatic heterocycles. The number of aliphatic hydroxyl groups excluding tert-OH is 1. The van der Waals surface area contributed by atoms with Crippen molar-refractivity contribution in [1.82, 2.24) is 0 Å². The fourth-order valence-electron chi connectivity index (χ4n) is 0.289. The average Bonchev–Trinajstić information content (AvgIpc) is 1.69. The smallest absolute Gasteiger partial charge is 0.0465 e. The Balaban J connectivity index is 2.78. The molecule has 7 heavy (non-hydrogen) atoms. The van der Waals surface area contributed by atoms with E-state index in [1.54, 1.807) is 0 Å². The molecule has 0 saturated carbocycles. The first-order valence-corrected chi connectivity index (χ1v) is 2.37. The highest BCUT2D eigenvalue weighted by Gasteiger charge is 1.68. The zero-order valence-corrected chi connectivity index (χ0v) is 4.30. The van der Waals surface area contributed by atoms with Crippen LogP contribution in [-0.4, -0.2) is 18.3 Å². The van der Waals surface area contributed by atoms with Gasteiger partial charge < -0.3 is 10.8 Å². The van der Waals surface area contributed by atoms with E-state index < -0.39 is 0 Å². The quantitative estimate of drug-likeness (QED) is 0.487. The Kier molecular flexibility index (Phi) is 5.39.